The molecule has 0 bridgehead atoms. The van der Waals surface area contributed by atoms with Crippen molar-refractivity contribution in [2.24, 2.45) is 11.7 Å². The maximum atomic E-state index is 11.5. The van der Waals surface area contributed by atoms with Crippen molar-refractivity contribution in [1.82, 2.24) is 4.72 Å². The Morgan fingerprint density at radius 2 is 1.76 bits per heavy atom. The molecule has 0 saturated heterocycles. The second kappa shape index (κ2) is 5.62. The lowest BCUT2D eigenvalue weighted by Gasteiger charge is -2.15. The molecule has 0 radical (unpaired) electrons. The maximum Gasteiger partial charge on any atom is 0.240 e. The fourth-order valence-electron chi connectivity index (χ4n) is 1.43. The molecule has 96 valence electrons. The maximum absolute atomic E-state index is 11.5. The fourth-order valence-corrected chi connectivity index (χ4v) is 2.16. The van der Waals surface area contributed by atoms with Crippen molar-refractivity contribution < 1.29 is 8.42 Å². The molecule has 0 aromatic heterocycles. The average molecular weight is 256 g/mol. The van der Waals surface area contributed by atoms with E-state index >= 15 is 0 Å². The lowest BCUT2D eigenvalue weighted by Crippen LogP contribution is -2.28. The third-order valence-electron chi connectivity index (χ3n) is 2.83. The molecule has 0 fully saturated rings. The Labute approximate surface area is 103 Å². The van der Waals surface area contributed by atoms with Crippen LogP contribution in [0.25, 0.3) is 0 Å². The molecule has 1 unspecified atom stereocenters. The molecule has 1 atom stereocenters. The van der Waals surface area contributed by atoms with E-state index in [1.54, 1.807) is 12.1 Å². The monoisotopic (exact) mass is 256 g/mol. The van der Waals surface area contributed by atoms with E-state index in [4.69, 9.17) is 5.73 Å². The first-order valence-corrected chi connectivity index (χ1v) is 7.13. The molecule has 17 heavy (non-hydrogen) atoms. The number of nitrogens with two attached hydrogens (primary N) is 1. The summed E-state index contributed by atoms with van der Waals surface area (Å²) in [6.07, 6.45) is 0.761. The van der Waals surface area contributed by atoms with Crippen LogP contribution in [0.3, 0.4) is 0 Å². The van der Waals surface area contributed by atoms with Crippen molar-refractivity contribution >= 4 is 10.0 Å². The highest BCUT2D eigenvalue weighted by Crippen LogP contribution is 2.13. The van der Waals surface area contributed by atoms with Gasteiger partial charge in [0.1, 0.15) is 0 Å². The first kappa shape index (κ1) is 14.2. The number of benzene rings is 1. The van der Waals surface area contributed by atoms with Gasteiger partial charge in [0.05, 0.1) is 4.90 Å². The number of hydrogen-bond acceptors (Lipinski definition) is 3. The van der Waals surface area contributed by atoms with Crippen molar-refractivity contribution in [2.45, 2.75) is 31.2 Å². The summed E-state index contributed by atoms with van der Waals surface area (Å²) in [7, 11) is -1.94. The van der Waals surface area contributed by atoms with Crippen LogP contribution in [-0.4, -0.2) is 21.5 Å². The summed E-state index contributed by atoms with van der Waals surface area (Å²) in [5.41, 5.74) is 7.02. The zero-order chi connectivity index (χ0) is 13.1. The van der Waals surface area contributed by atoms with Gasteiger partial charge in [0.15, 0.2) is 0 Å². The van der Waals surface area contributed by atoms with Gasteiger partial charge in [0.25, 0.3) is 0 Å². The molecule has 0 amide bonds. The van der Waals surface area contributed by atoms with Crippen LogP contribution in [0.1, 0.15) is 19.4 Å². The Kier molecular flexibility index (Phi) is 4.68. The van der Waals surface area contributed by atoms with E-state index in [2.05, 4.69) is 18.6 Å². The van der Waals surface area contributed by atoms with E-state index in [1.165, 1.54) is 7.05 Å². The van der Waals surface area contributed by atoms with Crippen molar-refractivity contribution in [3.63, 3.8) is 0 Å². The summed E-state index contributed by atoms with van der Waals surface area (Å²) in [6.45, 7) is 4.15. The van der Waals surface area contributed by atoms with Crippen molar-refractivity contribution in [1.29, 1.82) is 0 Å². The highest BCUT2D eigenvalue weighted by Gasteiger charge is 2.12. The van der Waals surface area contributed by atoms with Gasteiger partial charge in [-0.05, 0) is 37.1 Å². The second-order valence-electron chi connectivity index (χ2n) is 4.46. The molecule has 0 spiro atoms. The predicted molar refractivity (Wildman–Crippen MR) is 69.2 cm³/mol. The van der Waals surface area contributed by atoms with E-state index < -0.39 is 10.0 Å². The van der Waals surface area contributed by atoms with Crippen LogP contribution in [0.4, 0.5) is 0 Å². The summed E-state index contributed by atoms with van der Waals surface area (Å²) in [4.78, 5) is 0.280. The Morgan fingerprint density at radius 1 is 1.24 bits per heavy atom. The van der Waals surface area contributed by atoms with E-state index in [-0.39, 0.29) is 10.9 Å². The van der Waals surface area contributed by atoms with Gasteiger partial charge in [0, 0.05) is 6.04 Å². The van der Waals surface area contributed by atoms with E-state index in [0.717, 1.165) is 12.0 Å². The van der Waals surface area contributed by atoms with Gasteiger partial charge in [-0.1, -0.05) is 26.0 Å². The highest BCUT2D eigenvalue weighted by atomic mass is 32.2. The standard InChI is InChI=1S/C12H20N2O2S/c1-9(2)12(13)8-10-4-6-11(7-5-10)17(15,16)14-3/h4-7,9,12,14H,8,13H2,1-3H3. The quantitative estimate of drug-likeness (QED) is 0.829. The minimum atomic E-state index is -3.34. The Hall–Kier alpha value is -0.910. The van der Waals surface area contributed by atoms with Crippen LogP contribution >= 0.6 is 0 Å². The molecule has 0 saturated carbocycles. The fraction of sp³-hybridized carbons (Fsp3) is 0.500. The van der Waals surface area contributed by atoms with Gasteiger partial charge in [-0.25, -0.2) is 13.1 Å². The van der Waals surface area contributed by atoms with Crippen molar-refractivity contribution in [2.75, 3.05) is 7.05 Å². The SMILES string of the molecule is CNS(=O)(=O)c1ccc(CC(N)C(C)C)cc1. The summed E-state index contributed by atoms with van der Waals surface area (Å²) < 4.78 is 25.3. The largest absolute Gasteiger partial charge is 0.327 e. The molecule has 5 heteroatoms. The molecule has 0 aliphatic heterocycles. The lowest BCUT2D eigenvalue weighted by molar-refractivity contribution is 0.490. The van der Waals surface area contributed by atoms with Crippen LogP contribution in [0.5, 0.6) is 0 Å². The minimum absolute atomic E-state index is 0.0988. The summed E-state index contributed by atoms with van der Waals surface area (Å²) in [5, 5.41) is 0. The zero-order valence-electron chi connectivity index (χ0n) is 10.5. The number of hydrogen-bond donors (Lipinski definition) is 2. The second-order valence-corrected chi connectivity index (χ2v) is 6.35. The normalized spacial score (nSPS) is 13.9. The van der Waals surface area contributed by atoms with Gasteiger partial charge in [-0.15, -0.1) is 0 Å². The van der Waals surface area contributed by atoms with Gasteiger partial charge in [-0.2, -0.15) is 0 Å². The van der Waals surface area contributed by atoms with Gasteiger partial charge < -0.3 is 5.73 Å². The molecule has 3 N–H and O–H groups in total. The van der Waals surface area contributed by atoms with Crippen LogP contribution in [0.15, 0.2) is 29.2 Å². The van der Waals surface area contributed by atoms with Gasteiger partial charge >= 0.3 is 0 Å². The molecule has 1 aromatic rings. The third-order valence-corrected chi connectivity index (χ3v) is 4.26. The Morgan fingerprint density at radius 3 is 2.18 bits per heavy atom. The van der Waals surface area contributed by atoms with Crippen LogP contribution < -0.4 is 10.5 Å². The van der Waals surface area contributed by atoms with Gasteiger partial charge in [-0.3, -0.25) is 0 Å². The Balaban J connectivity index is 2.82. The number of nitrogens with one attached hydrogen (secondary N) is 1. The summed E-state index contributed by atoms with van der Waals surface area (Å²) >= 11 is 0. The molecule has 0 aliphatic rings. The zero-order valence-corrected chi connectivity index (χ0v) is 11.3. The Bertz CT molecular complexity index is 452. The van der Waals surface area contributed by atoms with Crippen LogP contribution in [-0.2, 0) is 16.4 Å². The summed E-state index contributed by atoms with van der Waals surface area (Å²) in [5.74, 6) is 0.413. The molecule has 1 rings (SSSR count). The van der Waals surface area contributed by atoms with E-state index in [1.807, 2.05) is 12.1 Å². The van der Waals surface area contributed by atoms with Crippen molar-refractivity contribution in [3.05, 3.63) is 29.8 Å². The van der Waals surface area contributed by atoms with Crippen LogP contribution in [0, 0.1) is 5.92 Å². The highest BCUT2D eigenvalue weighted by molar-refractivity contribution is 7.89. The van der Waals surface area contributed by atoms with Crippen LogP contribution in [0.2, 0.25) is 0 Å². The predicted octanol–water partition coefficient (Wildman–Crippen LogP) is 1.12. The first-order valence-electron chi connectivity index (χ1n) is 5.65. The molecule has 1 aromatic carbocycles. The summed E-state index contributed by atoms with van der Waals surface area (Å²) in [6, 6.07) is 6.93. The lowest BCUT2D eigenvalue weighted by atomic mass is 9.97. The van der Waals surface area contributed by atoms with Crippen molar-refractivity contribution in [3.8, 4) is 0 Å². The molecular formula is C12H20N2O2S. The van der Waals surface area contributed by atoms with Gasteiger partial charge in [0.2, 0.25) is 10.0 Å². The molecule has 4 nitrogen and oxygen atoms in total. The molecular weight excluding hydrogens is 236 g/mol. The first-order chi connectivity index (χ1) is 7.86. The molecule has 0 aliphatic carbocycles. The topological polar surface area (TPSA) is 72.2 Å². The third kappa shape index (κ3) is 3.80. The average Bonchev–Trinajstić information content (AvgIpc) is 2.29. The molecule has 0 heterocycles. The number of sulfonamides is 1. The van der Waals surface area contributed by atoms with E-state index in [9.17, 15) is 8.42 Å². The number of rotatable bonds is 5. The minimum Gasteiger partial charge on any atom is -0.327 e. The van der Waals surface area contributed by atoms with E-state index in [0.29, 0.717) is 5.92 Å². The smallest absolute Gasteiger partial charge is 0.240 e.